The Kier molecular flexibility index (Phi) is 6.22. The Morgan fingerprint density at radius 1 is 0.438 bits per heavy atom. The van der Waals surface area contributed by atoms with Crippen molar-refractivity contribution in [2.45, 2.75) is 0 Å². The van der Waals surface area contributed by atoms with Crippen LogP contribution >= 0.6 is 0 Å². The molecule has 2 aromatic heterocycles. The monoisotopic (exact) mass is 611 g/mol. The molecule has 9 rings (SSSR count). The van der Waals surface area contributed by atoms with Gasteiger partial charge in [-0.15, -0.1) is 0 Å². The number of hydrogen-bond acceptors (Lipinski definition) is 1. The summed E-state index contributed by atoms with van der Waals surface area (Å²) in [4.78, 5) is 7.55. The molecule has 0 aliphatic heterocycles. The smallest absolute Gasteiger partial charge is 0.189 e. The lowest BCUT2D eigenvalue weighted by Gasteiger charge is -2.13. The van der Waals surface area contributed by atoms with Crippen LogP contribution in [0.1, 0.15) is 0 Å². The van der Waals surface area contributed by atoms with Crippen LogP contribution in [0.25, 0.3) is 92.5 Å². The highest BCUT2D eigenvalue weighted by Gasteiger charge is 2.17. The fraction of sp³-hybridized carbons (Fsp3) is 0. The molecule has 0 aliphatic rings. The maximum Gasteiger partial charge on any atom is 0.189 e. The Bertz CT molecular complexity index is 2810. The number of rotatable bonds is 4. The Hall–Kier alpha value is -6.88. The van der Waals surface area contributed by atoms with Gasteiger partial charge in [0.2, 0.25) is 0 Å². The van der Waals surface area contributed by atoms with Crippen molar-refractivity contribution in [3.05, 3.63) is 174 Å². The van der Waals surface area contributed by atoms with Gasteiger partial charge in [-0.25, -0.2) is 9.69 Å². The van der Waals surface area contributed by atoms with Crippen LogP contribution in [-0.2, 0) is 0 Å². The molecule has 4 nitrogen and oxygen atoms in total. The molecule has 7 aromatic carbocycles. The van der Waals surface area contributed by atoms with E-state index in [1.54, 1.807) is 0 Å². The van der Waals surface area contributed by atoms with E-state index in [9.17, 15) is 0 Å². The normalized spacial score (nSPS) is 11.3. The molecule has 2 heterocycles. The van der Waals surface area contributed by atoms with E-state index in [2.05, 4.69) is 105 Å². The van der Waals surface area contributed by atoms with Gasteiger partial charge < -0.3 is 8.98 Å². The zero-order valence-electron chi connectivity index (χ0n) is 25.7. The van der Waals surface area contributed by atoms with Crippen molar-refractivity contribution < 1.29 is 4.42 Å². The van der Waals surface area contributed by atoms with Gasteiger partial charge in [0, 0.05) is 27.4 Å². The zero-order chi connectivity index (χ0) is 32.2. The van der Waals surface area contributed by atoms with Gasteiger partial charge in [-0.1, -0.05) is 91.0 Å². The summed E-state index contributed by atoms with van der Waals surface area (Å²) in [6.07, 6.45) is 0. The number of benzene rings is 7. The van der Waals surface area contributed by atoms with Gasteiger partial charge in [0.15, 0.2) is 11.4 Å². The summed E-state index contributed by atoms with van der Waals surface area (Å²) in [6, 6.07) is 51.7. The third-order valence-corrected chi connectivity index (χ3v) is 9.17. The molecule has 0 radical (unpaired) electrons. The second kappa shape index (κ2) is 10.9. The van der Waals surface area contributed by atoms with E-state index < -0.39 is 0 Å². The minimum atomic E-state index is 0.564. The van der Waals surface area contributed by atoms with Gasteiger partial charge in [-0.3, -0.25) is 0 Å². The number of nitrogens with zero attached hydrogens (tertiary/aromatic N) is 3. The largest absolute Gasteiger partial charge is 0.455 e. The van der Waals surface area contributed by atoms with Crippen LogP contribution in [0.4, 0.5) is 11.4 Å². The first kappa shape index (κ1) is 27.4. The molecule has 222 valence electrons. The Morgan fingerprint density at radius 2 is 1.12 bits per heavy atom. The molecule has 0 N–H and O–H groups in total. The molecule has 0 aliphatic carbocycles. The SMILES string of the molecule is [C-]#[N+]c1cc(-c2cccc(-c3cc(-c4ccccc4)c4oc5ccccc5c4c3)c2)cc(-n2c3ccccc3c3cc([N+]#[C-])ccc32)c1. The number of furan rings is 1. The first-order valence-electron chi connectivity index (χ1n) is 15.7. The van der Waals surface area contributed by atoms with E-state index in [-0.39, 0.29) is 0 Å². The van der Waals surface area contributed by atoms with Crippen molar-refractivity contribution in [3.8, 4) is 39.1 Å². The second-order valence-electron chi connectivity index (χ2n) is 12.0. The predicted molar refractivity (Wildman–Crippen MR) is 197 cm³/mol. The molecule has 9 aromatic rings. The molecular weight excluding hydrogens is 587 g/mol. The lowest BCUT2D eigenvalue weighted by Crippen LogP contribution is -1.94. The van der Waals surface area contributed by atoms with Gasteiger partial charge in [0.05, 0.1) is 24.2 Å². The van der Waals surface area contributed by atoms with Gasteiger partial charge in [0.1, 0.15) is 11.2 Å². The number of hydrogen-bond donors (Lipinski definition) is 0. The zero-order valence-corrected chi connectivity index (χ0v) is 25.7. The molecule has 0 saturated carbocycles. The third-order valence-electron chi connectivity index (χ3n) is 9.17. The average molecular weight is 612 g/mol. The van der Waals surface area contributed by atoms with Crippen molar-refractivity contribution in [3.63, 3.8) is 0 Å². The van der Waals surface area contributed by atoms with Gasteiger partial charge in [0.25, 0.3) is 0 Å². The van der Waals surface area contributed by atoms with Crippen LogP contribution in [0, 0.1) is 13.1 Å². The maximum atomic E-state index is 7.99. The molecule has 0 unspecified atom stereocenters. The van der Waals surface area contributed by atoms with E-state index in [0.29, 0.717) is 11.4 Å². The minimum absolute atomic E-state index is 0.564. The molecular formula is C44H25N3O. The summed E-state index contributed by atoms with van der Waals surface area (Å²) in [5.74, 6) is 0. The van der Waals surface area contributed by atoms with Crippen molar-refractivity contribution in [1.29, 1.82) is 0 Å². The van der Waals surface area contributed by atoms with Crippen molar-refractivity contribution in [2.75, 3.05) is 0 Å². The standard InChI is InChI=1S/C44H25N3O/c1-45-33-19-20-42-39(27-33)36-15-6-8-17-41(36)47(42)35-23-31(22-34(26-35)46-2)29-13-10-14-30(21-29)32-24-38(28-11-4-3-5-12-28)44-40(25-32)37-16-7-9-18-43(37)48-44/h3-27H. The van der Waals surface area contributed by atoms with E-state index in [4.69, 9.17) is 17.6 Å². The van der Waals surface area contributed by atoms with Crippen LogP contribution in [0.15, 0.2) is 156 Å². The highest BCUT2D eigenvalue weighted by Crippen LogP contribution is 2.41. The quantitative estimate of drug-likeness (QED) is 0.182. The highest BCUT2D eigenvalue weighted by molar-refractivity contribution is 6.12. The van der Waals surface area contributed by atoms with Gasteiger partial charge in [-0.2, -0.15) is 0 Å². The number of fused-ring (bicyclic) bond motifs is 6. The van der Waals surface area contributed by atoms with E-state index in [0.717, 1.165) is 82.8 Å². The molecule has 4 heteroatoms. The second-order valence-corrected chi connectivity index (χ2v) is 12.0. The van der Waals surface area contributed by atoms with Gasteiger partial charge >= 0.3 is 0 Å². The third kappa shape index (κ3) is 4.36. The number of aromatic nitrogens is 1. The Labute approximate surface area is 277 Å². The van der Waals surface area contributed by atoms with Crippen LogP contribution in [0.5, 0.6) is 0 Å². The maximum absolute atomic E-state index is 7.99. The lowest BCUT2D eigenvalue weighted by atomic mass is 9.94. The van der Waals surface area contributed by atoms with Crippen molar-refractivity contribution in [2.24, 2.45) is 0 Å². The predicted octanol–water partition coefficient (Wildman–Crippen LogP) is 12.8. The first-order chi connectivity index (χ1) is 23.7. The van der Waals surface area contributed by atoms with E-state index in [1.165, 1.54) is 0 Å². The average Bonchev–Trinajstić information content (AvgIpc) is 3.70. The summed E-state index contributed by atoms with van der Waals surface area (Å²) in [7, 11) is 0. The summed E-state index contributed by atoms with van der Waals surface area (Å²) in [5, 5.41) is 4.27. The van der Waals surface area contributed by atoms with Crippen molar-refractivity contribution >= 4 is 55.1 Å². The fourth-order valence-electron chi connectivity index (χ4n) is 6.97. The molecule has 0 amide bonds. The lowest BCUT2D eigenvalue weighted by molar-refractivity contribution is 0.670. The van der Waals surface area contributed by atoms with Crippen LogP contribution < -0.4 is 0 Å². The van der Waals surface area contributed by atoms with E-state index in [1.807, 2.05) is 60.7 Å². The Morgan fingerprint density at radius 3 is 1.94 bits per heavy atom. The van der Waals surface area contributed by atoms with E-state index >= 15 is 0 Å². The summed E-state index contributed by atoms with van der Waals surface area (Å²) < 4.78 is 8.62. The van der Waals surface area contributed by atoms with Crippen LogP contribution in [0.2, 0.25) is 0 Å². The molecule has 0 fully saturated rings. The van der Waals surface area contributed by atoms with Crippen molar-refractivity contribution in [1.82, 2.24) is 4.57 Å². The highest BCUT2D eigenvalue weighted by atomic mass is 16.3. The molecule has 0 saturated heterocycles. The Balaban J connectivity index is 1.23. The molecule has 48 heavy (non-hydrogen) atoms. The molecule has 0 spiro atoms. The van der Waals surface area contributed by atoms with Gasteiger partial charge in [-0.05, 0) is 93.9 Å². The summed E-state index contributed by atoms with van der Waals surface area (Å²) in [5.41, 5.74) is 12.2. The topological polar surface area (TPSA) is 26.8 Å². The van der Waals surface area contributed by atoms with Crippen LogP contribution in [0.3, 0.4) is 0 Å². The first-order valence-corrected chi connectivity index (χ1v) is 15.7. The summed E-state index contributed by atoms with van der Waals surface area (Å²) >= 11 is 0. The van der Waals surface area contributed by atoms with Crippen LogP contribution in [-0.4, -0.2) is 4.57 Å². The number of para-hydroxylation sites is 2. The minimum Gasteiger partial charge on any atom is -0.455 e. The molecule has 0 bridgehead atoms. The summed E-state index contributed by atoms with van der Waals surface area (Å²) in [6.45, 7) is 15.5. The fourth-order valence-corrected chi connectivity index (χ4v) is 6.97. The molecule has 0 atom stereocenters.